The topological polar surface area (TPSA) is 68.9 Å². The van der Waals surface area contributed by atoms with E-state index in [4.69, 9.17) is 0 Å². The summed E-state index contributed by atoms with van der Waals surface area (Å²) in [6.45, 7) is 0. The van der Waals surface area contributed by atoms with Crippen LogP contribution in [-0.4, -0.2) is 28.0 Å². The number of aromatic nitrogens is 3. The Labute approximate surface area is 175 Å². The van der Waals surface area contributed by atoms with Gasteiger partial charge in [-0.3, -0.25) is 4.98 Å². The number of fused-ring (bicyclic) bond motifs is 7. The minimum absolute atomic E-state index is 0. The first kappa shape index (κ1) is 18.7. The summed E-state index contributed by atoms with van der Waals surface area (Å²) in [6, 6.07) is 10.0. The molecule has 0 spiro atoms. The number of benzene rings is 1. The summed E-state index contributed by atoms with van der Waals surface area (Å²) in [5.41, 5.74) is 4.31. The van der Waals surface area contributed by atoms with Gasteiger partial charge in [-0.25, -0.2) is 12.4 Å². The van der Waals surface area contributed by atoms with Gasteiger partial charge in [0, 0.05) is 59.9 Å². The molecule has 6 rings (SSSR count). The van der Waals surface area contributed by atoms with Crippen LogP contribution in [0.4, 0.5) is 0 Å². The van der Waals surface area contributed by atoms with Crippen LogP contribution in [-0.2, 0) is 23.5 Å². The molecular weight excluding hydrogens is 408 g/mol. The smallest absolute Gasteiger partial charge is 0.268 e. The maximum Gasteiger partial charge on any atom is 0.268 e. The molecule has 3 aromatic heterocycles. The molecule has 2 aliphatic heterocycles. The van der Waals surface area contributed by atoms with Crippen molar-refractivity contribution in [2.24, 2.45) is 7.05 Å². The van der Waals surface area contributed by atoms with E-state index in [0.717, 1.165) is 29.1 Å². The van der Waals surface area contributed by atoms with E-state index < -0.39 is 10.0 Å². The third-order valence-electron chi connectivity index (χ3n) is 6.38. The molecule has 0 radical (unpaired) electrons. The Bertz CT molecular complexity index is 1370. The molecule has 0 aliphatic carbocycles. The highest BCUT2D eigenvalue weighted by Gasteiger charge is 2.36. The molecule has 2 bridgehead atoms. The molecule has 0 amide bonds. The zero-order valence-electron chi connectivity index (χ0n) is 15.9. The third kappa shape index (κ3) is 2.51. The van der Waals surface area contributed by atoms with Gasteiger partial charge in [0.25, 0.3) is 10.0 Å². The predicted octanol–water partition coefficient (Wildman–Crippen LogP) is 3.54. The molecule has 0 saturated carbocycles. The Morgan fingerprint density at radius 2 is 2.00 bits per heavy atom. The van der Waals surface area contributed by atoms with Gasteiger partial charge in [0.15, 0.2) is 0 Å². The van der Waals surface area contributed by atoms with Gasteiger partial charge < -0.3 is 9.88 Å². The van der Waals surface area contributed by atoms with E-state index in [2.05, 4.69) is 21.9 Å². The first-order chi connectivity index (χ1) is 13.5. The van der Waals surface area contributed by atoms with Gasteiger partial charge in [-0.1, -0.05) is 0 Å². The molecule has 8 heteroatoms. The highest BCUT2D eigenvalue weighted by molar-refractivity contribution is 7.90. The molecule has 2 unspecified atom stereocenters. The zero-order valence-corrected chi connectivity index (χ0v) is 17.5. The van der Waals surface area contributed by atoms with E-state index >= 15 is 0 Å². The Balaban J connectivity index is 0.00000181. The van der Waals surface area contributed by atoms with Crippen LogP contribution in [0.2, 0.25) is 0 Å². The van der Waals surface area contributed by atoms with Gasteiger partial charge in [0.1, 0.15) is 0 Å². The lowest BCUT2D eigenvalue weighted by Crippen LogP contribution is -2.32. The molecule has 1 N–H and O–H groups in total. The number of rotatable bonds is 2. The standard InChI is InChI=1S/C21H20N4O2S.ClH/c1-24-18-5-3-15(11-16(18)21-17-4-2-14(23-17)10-19(21)24)28(26,27)25-9-7-13-6-8-22-12-20(13)25;/h3,5-9,11-12,14,17,23H,2,4,10H2,1H3;1H. The SMILES string of the molecule is Cl.Cn1c2c(c3cc(S(=O)(=O)n4ccc5ccncc54)ccc31)C1CCC(C2)N1. The maximum absolute atomic E-state index is 13.4. The second-order valence-electron chi connectivity index (χ2n) is 7.85. The van der Waals surface area contributed by atoms with Crippen molar-refractivity contribution in [1.29, 1.82) is 0 Å². The van der Waals surface area contributed by atoms with Gasteiger partial charge >= 0.3 is 0 Å². The summed E-state index contributed by atoms with van der Waals surface area (Å²) in [5, 5.41) is 5.59. The number of hydrogen-bond acceptors (Lipinski definition) is 4. The normalized spacial score (nSPS) is 20.7. The fourth-order valence-electron chi connectivity index (χ4n) is 5.02. The predicted molar refractivity (Wildman–Crippen MR) is 115 cm³/mol. The van der Waals surface area contributed by atoms with Crippen LogP contribution in [0.1, 0.15) is 30.1 Å². The van der Waals surface area contributed by atoms with Crippen molar-refractivity contribution in [1.82, 2.24) is 18.8 Å². The van der Waals surface area contributed by atoms with Crippen LogP contribution in [0.15, 0.2) is 53.8 Å². The molecule has 2 atom stereocenters. The Kier molecular flexibility index (Phi) is 4.07. The molecule has 5 heterocycles. The monoisotopic (exact) mass is 428 g/mol. The lowest BCUT2D eigenvalue weighted by Gasteiger charge is -2.23. The second-order valence-corrected chi connectivity index (χ2v) is 9.66. The van der Waals surface area contributed by atoms with Crippen molar-refractivity contribution in [3.05, 3.63) is 60.2 Å². The maximum atomic E-state index is 13.4. The summed E-state index contributed by atoms with van der Waals surface area (Å²) in [5.74, 6) is 0. The summed E-state index contributed by atoms with van der Waals surface area (Å²) in [6.07, 6.45) is 8.17. The average Bonchev–Trinajstić information content (AvgIpc) is 3.38. The highest BCUT2D eigenvalue weighted by Crippen LogP contribution is 2.42. The van der Waals surface area contributed by atoms with Crippen molar-refractivity contribution >= 4 is 44.2 Å². The lowest BCUT2D eigenvalue weighted by atomic mass is 9.99. The van der Waals surface area contributed by atoms with E-state index in [0.29, 0.717) is 22.5 Å². The van der Waals surface area contributed by atoms with E-state index in [-0.39, 0.29) is 12.4 Å². The lowest BCUT2D eigenvalue weighted by molar-refractivity contribution is 0.503. The highest BCUT2D eigenvalue weighted by atomic mass is 35.5. The number of halogens is 1. The molecule has 1 fully saturated rings. The van der Waals surface area contributed by atoms with Crippen molar-refractivity contribution in [3.63, 3.8) is 0 Å². The van der Waals surface area contributed by atoms with Crippen molar-refractivity contribution in [2.45, 2.75) is 36.2 Å². The van der Waals surface area contributed by atoms with E-state index in [1.54, 1.807) is 30.7 Å². The van der Waals surface area contributed by atoms with E-state index in [1.165, 1.54) is 21.7 Å². The number of hydrogen-bond donors (Lipinski definition) is 1. The minimum Gasteiger partial charge on any atom is -0.347 e. The first-order valence-electron chi connectivity index (χ1n) is 9.58. The fourth-order valence-corrected chi connectivity index (χ4v) is 6.38. The molecule has 2 aliphatic rings. The Morgan fingerprint density at radius 3 is 2.86 bits per heavy atom. The van der Waals surface area contributed by atoms with Crippen LogP contribution in [0.3, 0.4) is 0 Å². The molecule has 150 valence electrons. The van der Waals surface area contributed by atoms with Crippen LogP contribution >= 0.6 is 12.4 Å². The minimum atomic E-state index is -3.70. The number of pyridine rings is 1. The molecule has 1 aromatic carbocycles. The van der Waals surface area contributed by atoms with Crippen LogP contribution in [0.5, 0.6) is 0 Å². The van der Waals surface area contributed by atoms with Gasteiger partial charge in [-0.2, -0.15) is 0 Å². The van der Waals surface area contributed by atoms with E-state index in [1.807, 2.05) is 18.2 Å². The van der Waals surface area contributed by atoms with E-state index in [9.17, 15) is 8.42 Å². The van der Waals surface area contributed by atoms with Crippen LogP contribution in [0.25, 0.3) is 21.8 Å². The third-order valence-corrected chi connectivity index (χ3v) is 8.07. The molecule has 6 nitrogen and oxygen atoms in total. The first-order valence-corrected chi connectivity index (χ1v) is 11.0. The van der Waals surface area contributed by atoms with Gasteiger partial charge in [-0.15, -0.1) is 12.4 Å². The Morgan fingerprint density at radius 1 is 1.14 bits per heavy atom. The summed E-state index contributed by atoms with van der Waals surface area (Å²) in [4.78, 5) is 4.41. The number of nitrogens with one attached hydrogen (secondary N) is 1. The molecule has 29 heavy (non-hydrogen) atoms. The van der Waals surface area contributed by atoms with Gasteiger partial charge in [0.2, 0.25) is 0 Å². The quantitative estimate of drug-likeness (QED) is 0.530. The van der Waals surface area contributed by atoms with Crippen LogP contribution in [0, 0.1) is 0 Å². The molecular formula is C21H21ClN4O2S. The van der Waals surface area contributed by atoms with Crippen molar-refractivity contribution < 1.29 is 8.42 Å². The molecule has 4 aromatic rings. The second kappa shape index (κ2) is 6.32. The fraction of sp³-hybridized carbons (Fsp3) is 0.286. The van der Waals surface area contributed by atoms with Gasteiger partial charge in [-0.05, 0) is 48.7 Å². The largest absolute Gasteiger partial charge is 0.347 e. The Hall–Kier alpha value is -2.35. The average molecular weight is 429 g/mol. The zero-order chi connectivity index (χ0) is 19.0. The van der Waals surface area contributed by atoms with Crippen LogP contribution < -0.4 is 5.32 Å². The number of nitrogens with zero attached hydrogens (tertiary/aromatic N) is 3. The summed E-state index contributed by atoms with van der Waals surface area (Å²) < 4.78 is 30.4. The number of aryl methyl sites for hydroxylation is 1. The van der Waals surface area contributed by atoms with Crippen molar-refractivity contribution in [2.75, 3.05) is 0 Å². The van der Waals surface area contributed by atoms with Crippen molar-refractivity contribution in [3.8, 4) is 0 Å². The summed E-state index contributed by atoms with van der Waals surface area (Å²) >= 11 is 0. The summed E-state index contributed by atoms with van der Waals surface area (Å²) in [7, 11) is -1.61. The molecule has 1 saturated heterocycles. The van der Waals surface area contributed by atoms with Gasteiger partial charge in [0.05, 0.1) is 16.6 Å².